The number of halogens is 4. The Kier molecular flexibility index (Phi) is 3.66. The van der Waals surface area contributed by atoms with Gasteiger partial charge in [-0.25, -0.2) is 4.39 Å². The lowest BCUT2D eigenvalue weighted by molar-refractivity contribution is -0.275. The Balaban J connectivity index is 2.87. The molecule has 1 N–H and O–H groups in total. The molecule has 2 nitrogen and oxygen atoms in total. The van der Waals surface area contributed by atoms with Crippen molar-refractivity contribution in [2.75, 3.05) is 0 Å². The number of hydrogen-bond donors (Lipinski definition) is 1. The van der Waals surface area contributed by atoms with Crippen LogP contribution in [0.3, 0.4) is 0 Å². The van der Waals surface area contributed by atoms with Gasteiger partial charge in [0.15, 0.2) is 11.6 Å². The lowest BCUT2D eigenvalue weighted by Gasteiger charge is -2.17. The van der Waals surface area contributed by atoms with Crippen LogP contribution in [0.1, 0.15) is 19.4 Å². The predicted octanol–water partition coefficient (Wildman–Crippen LogP) is 3.04. The van der Waals surface area contributed by atoms with Gasteiger partial charge in [-0.3, -0.25) is 0 Å². The van der Waals surface area contributed by atoms with E-state index in [1.54, 1.807) is 0 Å². The molecule has 0 amide bonds. The monoisotopic (exact) mass is 252 g/mol. The molecule has 0 spiro atoms. The highest BCUT2D eigenvalue weighted by atomic mass is 19.4. The van der Waals surface area contributed by atoms with Gasteiger partial charge in [-0.15, -0.1) is 13.2 Å². The molecule has 0 unspecified atom stereocenters. The second-order valence-corrected chi connectivity index (χ2v) is 4.30. The van der Waals surface area contributed by atoms with E-state index >= 15 is 0 Å². The highest BCUT2D eigenvalue weighted by molar-refractivity contribution is 5.30. The summed E-state index contributed by atoms with van der Waals surface area (Å²) < 4.78 is 52.3. The van der Waals surface area contributed by atoms with Crippen LogP contribution in [0.4, 0.5) is 17.6 Å². The van der Waals surface area contributed by atoms with Gasteiger partial charge in [-0.2, -0.15) is 0 Å². The van der Waals surface area contributed by atoms with Crippen molar-refractivity contribution < 1.29 is 27.4 Å². The molecule has 1 aromatic rings. The van der Waals surface area contributed by atoms with E-state index in [1.165, 1.54) is 19.9 Å². The van der Waals surface area contributed by atoms with Crippen molar-refractivity contribution in [3.05, 3.63) is 29.6 Å². The maximum atomic E-state index is 13.2. The van der Waals surface area contributed by atoms with Crippen molar-refractivity contribution in [1.29, 1.82) is 0 Å². The molecule has 96 valence electrons. The third-order valence-electron chi connectivity index (χ3n) is 1.86. The maximum Gasteiger partial charge on any atom is 0.573 e. The normalized spacial score (nSPS) is 12.6. The second-order valence-electron chi connectivity index (χ2n) is 4.30. The first kappa shape index (κ1) is 13.8. The molecule has 0 aliphatic carbocycles. The van der Waals surface area contributed by atoms with Crippen LogP contribution >= 0.6 is 0 Å². The summed E-state index contributed by atoms with van der Waals surface area (Å²) in [4.78, 5) is 0. The van der Waals surface area contributed by atoms with Crippen molar-refractivity contribution in [3.8, 4) is 5.75 Å². The molecule has 0 radical (unpaired) electrons. The van der Waals surface area contributed by atoms with Crippen LogP contribution < -0.4 is 4.74 Å². The van der Waals surface area contributed by atoms with Gasteiger partial charge >= 0.3 is 6.36 Å². The number of hydrogen-bond acceptors (Lipinski definition) is 2. The Morgan fingerprint density at radius 1 is 1.24 bits per heavy atom. The topological polar surface area (TPSA) is 29.5 Å². The van der Waals surface area contributed by atoms with Crippen LogP contribution in [0, 0.1) is 5.82 Å². The van der Waals surface area contributed by atoms with Crippen LogP contribution in [-0.4, -0.2) is 17.1 Å². The summed E-state index contributed by atoms with van der Waals surface area (Å²) in [5.74, 6) is -1.99. The molecule has 0 aliphatic rings. The van der Waals surface area contributed by atoms with Crippen LogP contribution in [0.15, 0.2) is 18.2 Å². The summed E-state index contributed by atoms with van der Waals surface area (Å²) in [6.45, 7) is 3.04. The highest BCUT2D eigenvalue weighted by Gasteiger charge is 2.32. The zero-order valence-electron chi connectivity index (χ0n) is 9.31. The minimum absolute atomic E-state index is 0.135. The molecule has 1 rings (SSSR count). The largest absolute Gasteiger partial charge is 0.573 e. The summed E-state index contributed by atoms with van der Waals surface area (Å²) >= 11 is 0. The fraction of sp³-hybridized carbons (Fsp3) is 0.455. The Hall–Kier alpha value is -1.30. The second kappa shape index (κ2) is 4.52. The minimum Gasteiger partial charge on any atom is -0.403 e. The van der Waals surface area contributed by atoms with Crippen LogP contribution in [-0.2, 0) is 6.42 Å². The fourth-order valence-corrected chi connectivity index (χ4v) is 1.36. The number of alkyl halides is 3. The molecule has 0 aromatic heterocycles. The molecule has 1 aromatic carbocycles. The molecule has 0 saturated heterocycles. The molecular weight excluding hydrogens is 240 g/mol. The Morgan fingerprint density at radius 2 is 1.82 bits per heavy atom. The zero-order valence-corrected chi connectivity index (χ0v) is 9.31. The van der Waals surface area contributed by atoms with Crippen LogP contribution in [0.25, 0.3) is 0 Å². The van der Waals surface area contributed by atoms with Gasteiger partial charge in [-0.05, 0) is 31.5 Å². The Morgan fingerprint density at radius 3 is 2.24 bits per heavy atom. The minimum atomic E-state index is -4.92. The molecule has 0 saturated carbocycles. The SMILES string of the molecule is CC(C)(O)Cc1ccc(OC(F)(F)F)c(F)c1. The Bertz CT molecular complexity index is 393. The molecule has 0 bridgehead atoms. The van der Waals surface area contributed by atoms with E-state index in [0.717, 1.165) is 12.1 Å². The summed E-state index contributed by atoms with van der Waals surface area (Å²) in [6.07, 6.45) is -4.78. The molecule has 0 aliphatic heterocycles. The van der Waals surface area contributed by atoms with Crippen LogP contribution in [0.5, 0.6) is 5.75 Å². The van der Waals surface area contributed by atoms with Gasteiger partial charge in [0.2, 0.25) is 0 Å². The fourth-order valence-electron chi connectivity index (χ4n) is 1.36. The number of rotatable bonds is 3. The van der Waals surface area contributed by atoms with Crippen molar-refractivity contribution in [2.45, 2.75) is 32.2 Å². The van der Waals surface area contributed by atoms with E-state index in [1.807, 2.05) is 0 Å². The molecule has 0 heterocycles. The molecule has 6 heteroatoms. The van der Waals surface area contributed by atoms with Gasteiger partial charge in [0.1, 0.15) is 0 Å². The van der Waals surface area contributed by atoms with E-state index in [2.05, 4.69) is 4.74 Å². The average Bonchev–Trinajstić information content (AvgIpc) is 2.05. The standard InChI is InChI=1S/C11H12F4O2/c1-10(2,16)6-7-3-4-9(8(12)5-7)17-11(13,14)15/h3-5,16H,6H2,1-2H3. The van der Waals surface area contributed by atoms with E-state index in [9.17, 15) is 22.7 Å². The van der Waals surface area contributed by atoms with Gasteiger partial charge in [0, 0.05) is 6.42 Å². The molecule has 17 heavy (non-hydrogen) atoms. The van der Waals surface area contributed by atoms with Gasteiger partial charge in [0.05, 0.1) is 5.60 Å². The molecular formula is C11H12F4O2. The lowest BCUT2D eigenvalue weighted by Crippen LogP contribution is -2.22. The lowest BCUT2D eigenvalue weighted by atomic mass is 9.99. The summed E-state index contributed by atoms with van der Waals surface area (Å²) in [5, 5.41) is 9.48. The maximum absolute atomic E-state index is 13.2. The summed E-state index contributed by atoms with van der Waals surface area (Å²) in [6, 6.07) is 3.09. The van der Waals surface area contributed by atoms with E-state index in [-0.39, 0.29) is 6.42 Å². The molecule has 0 atom stereocenters. The van der Waals surface area contributed by atoms with Crippen molar-refractivity contribution in [1.82, 2.24) is 0 Å². The summed E-state index contributed by atoms with van der Waals surface area (Å²) in [5.41, 5.74) is -0.664. The van der Waals surface area contributed by atoms with Gasteiger partial charge in [-0.1, -0.05) is 6.07 Å². The Labute approximate surface area is 95.8 Å². The summed E-state index contributed by atoms with van der Waals surface area (Å²) in [7, 11) is 0. The zero-order chi connectivity index (χ0) is 13.3. The van der Waals surface area contributed by atoms with E-state index < -0.39 is 23.5 Å². The molecule has 0 fully saturated rings. The van der Waals surface area contributed by atoms with Crippen molar-refractivity contribution in [2.24, 2.45) is 0 Å². The van der Waals surface area contributed by atoms with E-state index in [4.69, 9.17) is 0 Å². The van der Waals surface area contributed by atoms with Crippen molar-refractivity contribution >= 4 is 0 Å². The third kappa shape index (κ3) is 5.04. The van der Waals surface area contributed by atoms with Crippen LogP contribution in [0.2, 0.25) is 0 Å². The van der Waals surface area contributed by atoms with E-state index in [0.29, 0.717) is 5.56 Å². The predicted molar refractivity (Wildman–Crippen MR) is 53.1 cm³/mol. The third-order valence-corrected chi connectivity index (χ3v) is 1.86. The number of aliphatic hydroxyl groups is 1. The average molecular weight is 252 g/mol. The number of benzene rings is 1. The smallest absolute Gasteiger partial charge is 0.403 e. The highest BCUT2D eigenvalue weighted by Crippen LogP contribution is 2.27. The van der Waals surface area contributed by atoms with Crippen molar-refractivity contribution in [3.63, 3.8) is 0 Å². The quantitative estimate of drug-likeness (QED) is 0.838. The first-order valence-electron chi connectivity index (χ1n) is 4.83. The first-order chi connectivity index (χ1) is 7.57. The number of ether oxygens (including phenoxy) is 1. The first-order valence-corrected chi connectivity index (χ1v) is 4.83. The van der Waals surface area contributed by atoms with Gasteiger partial charge in [0.25, 0.3) is 0 Å². The van der Waals surface area contributed by atoms with Gasteiger partial charge < -0.3 is 9.84 Å².